The van der Waals surface area contributed by atoms with Gasteiger partial charge in [0, 0.05) is 16.3 Å². The van der Waals surface area contributed by atoms with E-state index in [4.69, 9.17) is 9.97 Å². The van der Waals surface area contributed by atoms with Gasteiger partial charge in [0.2, 0.25) is 5.95 Å². The first-order chi connectivity index (χ1) is 17.9. The average molecular weight is 461 g/mol. The van der Waals surface area contributed by atoms with E-state index in [1.54, 1.807) is 0 Å². The third kappa shape index (κ3) is 2.64. The molecule has 0 aliphatic heterocycles. The number of fused-ring (bicyclic) bond motifs is 7. The molecule has 0 saturated carbocycles. The summed E-state index contributed by atoms with van der Waals surface area (Å²) in [6.07, 6.45) is 0. The van der Waals surface area contributed by atoms with E-state index in [2.05, 4.69) is 124 Å². The van der Waals surface area contributed by atoms with Crippen molar-refractivity contribution in [1.82, 2.24) is 18.9 Å². The van der Waals surface area contributed by atoms with Crippen LogP contribution in [0.15, 0.2) is 121 Å². The fourth-order valence-corrected chi connectivity index (χ4v) is 5.54. The van der Waals surface area contributed by atoms with Gasteiger partial charge in [0.15, 0.2) is 0 Å². The second-order valence-electron chi connectivity index (χ2n) is 9.14. The van der Waals surface area contributed by atoms with Gasteiger partial charge in [-0.05, 0) is 41.1 Å². The smallest absolute Gasteiger partial charge is 0.237 e. The standard InChI is InChI=1S/C32H20N4/c1-3-13-23-21(10-1)12-9-15-24(23)31-25-14-4-5-16-26(25)33-32(34-31)36-29-19-8-7-18-28(29)35-27-17-6-2-11-22(27)20-30(35)36/h1-20H. The lowest BCUT2D eigenvalue weighted by molar-refractivity contribution is 1.00. The maximum Gasteiger partial charge on any atom is 0.237 e. The molecule has 0 unspecified atom stereocenters. The molecule has 0 saturated heterocycles. The number of hydrogen-bond acceptors (Lipinski definition) is 2. The van der Waals surface area contributed by atoms with Gasteiger partial charge < -0.3 is 0 Å². The van der Waals surface area contributed by atoms with E-state index in [9.17, 15) is 0 Å². The van der Waals surface area contributed by atoms with E-state index in [1.165, 1.54) is 21.7 Å². The van der Waals surface area contributed by atoms with Crippen molar-refractivity contribution < 1.29 is 0 Å². The third-order valence-electron chi connectivity index (χ3n) is 7.12. The highest BCUT2D eigenvalue weighted by molar-refractivity contribution is 6.03. The lowest BCUT2D eigenvalue weighted by Gasteiger charge is -2.12. The number of imidazole rings is 1. The summed E-state index contributed by atoms with van der Waals surface area (Å²) >= 11 is 0. The molecule has 0 atom stereocenters. The van der Waals surface area contributed by atoms with Crippen LogP contribution in [-0.2, 0) is 0 Å². The van der Waals surface area contributed by atoms with Crippen molar-refractivity contribution in [2.24, 2.45) is 0 Å². The third-order valence-corrected chi connectivity index (χ3v) is 7.12. The number of aromatic nitrogens is 4. The van der Waals surface area contributed by atoms with Crippen LogP contribution < -0.4 is 0 Å². The van der Waals surface area contributed by atoms with Crippen LogP contribution in [0.2, 0.25) is 0 Å². The Hall–Kier alpha value is -4.96. The molecular weight excluding hydrogens is 440 g/mol. The Bertz CT molecular complexity index is 2110. The van der Waals surface area contributed by atoms with Gasteiger partial charge >= 0.3 is 0 Å². The van der Waals surface area contributed by atoms with E-state index in [0.29, 0.717) is 5.95 Å². The highest BCUT2D eigenvalue weighted by atomic mass is 15.2. The summed E-state index contributed by atoms with van der Waals surface area (Å²) in [5.74, 6) is 0.672. The van der Waals surface area contributed by atoms with Crippen LogP contribution in [-0.4, -0.2) is 18.9 Å². The Morgan fingerprint density at radius 3 is 2.06 bits per heavy atom. The molecule has 3 heterocycles. The van der Waals surface area contributed by atoms with Gasteiger partial charge in [-0.3, -0.25) is 8.97 Å². The minimum Gasteiger partial charge on any atom is -0.293 e. The lowest BCUT2D eigenvalue weighted by Crippen LogP contribution is -2.03. The largest absolute Gasteiger partial charge is 0.293 e. The van der Waals surface area contributed by atoms with Crippen LogP contribution in [0.1, 0.15) is 0 Å². The second kappa shape index (κ2) is 7.27. The number of nitrogens with zero attached hydrogens (tertiary/aromatic N) is 4. The summed E-state index contributed by atoms with van der Waals surface area (Å²) in [7, 11) is 0. The first-order valence-corrected chi connectivity index (χ1v) is 12.1. The first kappa shape index (κ1) is 19.4. The molecule has 5 aromatic carbocycles. The summed E-state index contributed by atoms with van der Waals surface area (Å²) in [5, 5.41) is 4.63. The molecule has 36 heavy (non-hydrogen) atoms. The first-order valence-electron chi connectivity index (χ1n) is 12.1. The van der Waals surface area contributed by atoms with Crippen LogP contribution in [0.4, 0.5) is 0 Å². The predicted molar refractivity (Wildman–Crippen MR) is 148 cm³/mol. The van der Waals surface area contributed by atoms with Crippen LogP contribution in [0.5, 0.6) is 0 Å². The fraction of sp³-hybridized carbons (Fsp3) is 0. The number of benzene rings is 5. The molecule has 0 amide bonds. The van der Waals surface area contributed by atoms with E-state index >= 15 is 0 Å². The molecule has 0 radical (unpaired) electrons. The maximum absolute atomic E-state index is 5.27. The molecule has 0 spiro atoms. The van der Waals surface area contributed by atoms with Crippen molar-refractivity contribution >= 4 is 49.3 Å². The summed E-state index contributed by atoms with van der Waals surface area (Å²) in [6.45, 7) is 0. The van der Waals surface area contributed by atoms with Crippen molar-refractivity contribution in [2.45, 2.75) is 0 Å². The minimum absolute atomic E-state index is 0.672. The Balaban J connectivity index is 1.53. The fourth-order valence-electron chi connectivity index (χ4n) is 5.54. The molecule has 8 rings (SSSR count). The molecule has 0 N–H and O–H groups in total. The van der Waals surface area contributed by atoms with E-state index in [1.807, 2.05) is 6.07 Å². The Labute approximate surface area is 206 Å². The average Bonchev–Trinajstić information content (AvgIpc) is 3.47. The molecule has 3 aromatic heterocycles. The zero-order valence-corrected chi connectivity index (χ0v) is 19.3. The van der Waals surface area contributed by atoms with Crippen LogP contribution in [0.25, 0.3) is 66.5 Å². The second-order valence-corrected chi connectivity index (χ2v) is 9.14. The molecule has 8 aromatic rings. The SMILES string of the molecule is c1ccc2c(-c3nc(-n4c5ccccc5n5c6ccccc6cc45)nc4ccccc34)cccc2c1. The summed E-state index contributed by atoms with van der Waals surface area (Å²) < 4.78 is 4.50. The van der Waals surface area contributed by atoms with E-state index < -0.39 is 0 Å². The van der Waals surface area contributed by atoms with Gasteiger partial charge in [-0.25, -0.2) is 9.97 Å². The number of hydrogen-bond donors (Lipinski definition) is 0. The zero-order chi connectivity index (χ0) is 23.6. The van der Waals surface area contributed by atoms with Crippen molar-refractivity contribution in [3.63, 3.8) is 0 Å². The van der Waals surface area contributed by atoms with Crippen molar-refractivity contribution in [3.05, 3.63) is 121 Å². The molecule has 4 heteroatoms. The topological polar surface area (TPSA) is 35.1 Å². The minimum atomic E-state index is 0.672. The summed E-state index contributed by atoms with van der Waals surface area (Å²) in [4.78, 5) is 10.4. The van der Waals surface area contributed by atoms with E-state index in [-0.39, 0.29) is 0 Å². The summed E-state index contributed by atoms with van der Waals surface area (Å²) in [5.41, 5.74) is 7.43. The lowest BCUT2D eigenvalue weighted by atomic mass is 9.99. The Morgan fingerprint density at radius 2 is 1.17 bits per heavy atom. The zero-order valence-electron chi connectivity index (χ0n) is 19.3. The van der Waals surface area contributed by atoms with Crippen molar-refractivity contribution in [1.29, 1.82) is 0 Å². The summed E-state index contributed by atoms with van der Waals surface area (Å²) in [6, 6.07) is 42.4. The molecule has 0 bridgehead atoms. The molecule has 0 aliphatic carbocycles. The highest BCUT2D eigenvalue weighted by Gasteiger charge is 2.19. The normalized spacial score (nSPS) is 11.9. The number of para-hydroxylation sites is 4. The van der Waals surface area contributed by atoms with Crippen LogP contribution in [0, 0.1) is 0 Å². The number of rotatable bonds is 2. The molecule has 4 nitrogen and oxygen atoms in total. The molecule has 168 valence electrons. The molecule has 0 fully saturated rings. The molecule has 0 aliphatic rings. The quantitative estimate of drug-likeness (QED) is 0.264. The molecular formula is C32H20N4. The van der Waals surface area contributed by atoms with Gasteiger partial charge in [0.05, 0.1) is 27.8 Å². The Morgan fingerprint density at radius 1 is 0.500 bits per heavy atom. The van der Waals surface area contributed by atoms with Gasteiger partial charge in [0.1, 0.15) is 5.65 Å². The van der Waals surface area contributed by atoms with Crippen molar-refractivity contribution in [2.75, 3.05) is 0 Å². The van der Waals surface area contributed by atoms with Crippen LogP contribution in [0.3, 0.4) is 0 Å². The van der Waals surface area contributed by atoms with Gasteiger partial charge in [-0.2, -0.15) is 0 Å². The highest BCUT2D eigenvalue weighted by Crippen LogP contribution is 2.35. The maximum atomic E-state index is 5.27. The monoisotopic (exact) mass is 460 g/mol. The van der Waals surface area contributed by atoms with Gasteiger partial charge in [-0.15, -0.1) is 0 Å². The van der Waals surface area contributed by atoms with Crippen LogP contribution >= 0.6 is 0 Å². The van der Waals surface area contributed by atoms with Gasteiger partial charge in [-0.1, -0.05) is 91.0 Å². The van der Waals surface area contributed by atoms with Crippen molar-refractivity contribution in [3.8, 4) is 17.2 Å². The van der Waals surface area contributed by atoms with Gasteiger partial charge in [0.25, 0.3) is 0 Å². The predicted octanol–water partition coefficient (Wildman–Crippen LogP) is 7.80. The Kier molecular flexibility index (Phi) is 3.91. The van der Waals surface area contributed by atoms with E-state index in [0.717, 1.165) is 38.8 Å².